The van der Waals surface area contributed by atoms with Crippen molar-refractivity contribution in [2.75, 3.05) is 13.1 Å². The Balaban J connectivity index is 1.76. The van der Waals surface area contributed by atoms with Crippen LogP contribution in [0.3, 0.4) is 0 Å². The molecule has 0 saturated carbocycles. The molecule has 21 heavy (non-hydrogen) atoms. The number of amides is 1. The lowest BCUT2D eigenvalue weighted by Gasteiger charge is -2.33. The van der Waals surface area contributed by atoms with Crippen LogP contribution in [0.5, 0.6) is 0 Å². The van der Waals surface area contributed by atoms with E-state index in [4.69, 9.17) is 0 Å². The van der Waals surface area contributed by atoms with Crippen molar-refractivity contribution in [2.24, 2.45) is 5.92 Å². The lowest BCUT2D eigenvalue weighted by molar-refractivity contribution is -0.380. The number of carbonyl (C=O) groups is 1. The third-order valence-corrected chi connectivity index (χ3v) is 4.64. The molecule has 6 nitrogen and oxygen atoms in total. The van der Waals surface area contributed by atoms with Crippen LogP contribution in [-0.2, 0) is 11.3 Å². The van der Waals surface area contributed by atoms with Gasteiger partial charge in [-0.3, -0.25) is 14.9 Å². The number of nitro groups is 1. The minimum absolute atomic E-state index is 0.0564. The summed E-state index contributed by atoms with van der Waals surface area (Å²) in [4.78, 5) is 24.1. The third-order valence-electron chi connectivity index (χ3n) is 3.72. The Morgan fingerprint density at radius 2 is 2.19 bits per heavy atom. The molecule has 116 valence electrons. The number of hydrogen-bond acceptors (Lipinski definition) is 5. The van der Waals surface area contributed by atoms with E-state index >= 15 is 0 Å². The maximum Gasteiger partial charge on any atom is 0.324 e. The summed E-state index contributed by atoms with van der Waals surface area (Å²) in [5, 5.41) is 16.1. The van der Waals surface area contributed by atoms with E-state index in [1.807, 2.05) is 24.1 Å². The molecule has 1 aliphatic heterocycles. The highest BCUT2D eigenvalue weighted by atomic mass is 32.1. The molecule has 1 aliphatic rings. The molecule has 1 saturated heterocycles. The lowest BCUT2D eigenvalue weighted by atomic mass is 10.0. The Labute approximate surface area is 128 Å². The van der Waals surface area contributed by atoms with Crippen molar-refractivity contribution in [1.82, 2.24) is 10.2 Å². The second-order valence-corrected chi connectivity index (χ2v) is 6.58. The molecule has 1 aromatic rings. The zero-order chi connectivity index (χ0) is 15.4. The Morgan fingerprint density at radius 3 is 2.71 bits per heavy atom. The van der Waals surface area contributed by atoms with Crippen molar-refractivity contribution < 1.29 is 9.72 Å². The topological polar surface area (TPSA) is 75.5 Å². The quantitative estimate of drug-likeness (QED) is 0.669. The smallest absolute Gasteiger partial charge is 0.324 e. The third kappa shape index (κ3) is 4.25. The molecular formula is C14H21N3O3S. The average Bonchev–Trinajstić information content (AvgIpc) is 2.94. The van der Waals surface area contributed by atoms with Gasteiger partial charge in [-0.2, -0.15) is 0 Å². The number of nitrogens with one attached hydrogen (secondary N) is 1. The Bertz CT molecular complexity index is 507. The predicted octanol–water partition coefficient (Wildman–Crippen LogP) is 2.39. The van der Waals surface area contributed by atoms with Crippen molar-refractivity contribution in [3.05, 3.63) is 27.1 Å². The van der Waals surface area contributed by atoms with E-state index in [9.17, 15) is 14.9 Å². The maximum atomic E-state index is 11.9. The normalized spacial score (nSPS) is 16.4. The van der Waals surface area contributed by atoms with Gasteiger partial charge in [-0.25, -0.2) is 0 Å². The van der Waals surface area contributed by atoms with Crippen LogP contribution >= 0.6 is 11.3 Å². The Hall–Kier alpha value is -1.47. The molecule has 0 aromatic carbocycles. The van der Waals surface area contributed by atoms with Gasteiger partial charge in [0.1, 0.15) is 0 Å². The first-order valence-corrected chi connectivity index (χ1v) is 8.09. The van der Waals surface area contributed by atoms with E-state index in [0.29, 0.717) is 12.6 Å². The van der Waals surface area contributed by atoms with Gasteiger partial charge in [0.15, 0.2) is 0 Å². The highest BCUT2D eigenvalue weighted by molar-refractivity contribution is 7.13. The summed E-state index contributed by atoms with van der Waals surface area (Å²) in [5.41, 5.74) is 0.951. The molecule has 1 N–H and O–H groups in total. The van der Waals surface area contributed by atoms with E-state index in [0.717, 1.165) is 42.8 Å². The van der Waals surface area contributed by atoms with Gasteiger partial charge < -0.3 is 10.2 Å². The van der Waals surface area contributed by atoms with Crippen molar-refractivity contribution >= 4 is 22.2 Å². The van der Waals surface area contributed by atoms with Gasteiger partial charge in [-0.15, -0.1) is 0 Å². The van der Waals surface area contributed by atoms with E-state index in [1.165, 1.54) is 0 Å². The summed E-state index contributed by atoms with van der Waals surface area (Å²) >= 11 is 1.16. The van der Waals surface area contributed by atoms with Gasteiger partial charge in [-0.05, 0) is 18.4 Å². The molecular weight excluding hydrogens is 290 g/mol. The molecule has 0 spiro atoms. The number of thiophene rings is 1. The first-order chi connectivity index (χ1) is 9.97. The average molecular weight is 311 g/mol. The van der Waals surface area contributed by atoms with Crippen molar-refractivity contribution in [2.45, 2.75) is 39.3 Å². The summed E-state index contributed by atoms with van der Waals surface area (Å²) in [6.45, 7) is 6.08. The highest BCUT2D eigenvalue weighted by Gasteiger charge is 2.24. The van der Waals surface area contributed by atoms with E-state index in [2.05, 4.69) is 5.32 Å². The fourth-order valence-electron chi connectivity index (χ4n) is 2.48. The van der Waals surface area contributed by atoms with Crippen LogP contribution in [0.1, 0.15) is 32.3 Å². The minimum atomic E-state index is -0.357. The summed E-state index contributed by atoms with van der Waals surface area (Å²) in [6, 6.07) is 2.00. The largest absolute Gasteiger partial charge is 0.342 e. The first-order valence-electron chi connectivity index (χ1n) is 7.21. The van der Waals surface area contributed by atoms with Gasteiger partial charge >= 0.3 is 5.00 Å². The van der Waals surface area contributed by atoms with Crippen LogP contribution in [-0.4, -0.2) is 34.9 Å². The molecule has 7 heteroatoms. The van der Waals surface area contributed by atoms with Crippen LogP contribution in [0.25, 0.3) is 0 Å². The maximum absolute atomic E-state index is 11.9. The van der Waals surface area contributed by atoms with E-state index in [1.54, 1.807) is 6.07 Å². The molecule has 0 atom stereocenters. The van der Waals surface area contributed by atoms with Crippen LogP contribution in [0.15, 0.2) is 11.4 Å². The summed E-state index contributed by atoms with van der Waals surface area (Å²) < 4.78 is 0. The van der Waals surface area contributed by atoms with Gasteiger partial charge in [0.05, 0.1) is 4.92 Å². The number of likely N-dealkylation sites (tertiary alicyclic amines) is 1. The minimum Gasteiger partial charge on any atom is -0.342 e. The molecule has 1 amide bonds. The lowest BCUT2D eigenvalue weighted by Crippen LogP contribution is -2.45. The zero-order valence-electron chi connectivity index (χ0n) is 12.4. The molecule has 2 rings (SSSR count). The second-order valence-electron chi connectivity index (χ2n) is 5.69. The predicted molar refractivity (Wildman–Crippen MR) is 82.3 cm³/mol. The number of nitrogens with zero attached hydrogens (tertiary/aromatic N) is 2. The van der Waals surface area contributed by atoms with Crippen LogP contribution in [0.4, 0.5) is 5.00 Å². The highest BCUT2D eigenvalue weighted by Crippen LogP contribution is 2.23. The van der Waals surface area contributed by atoms with Crippen molar-refractivity contribution in [3.63, 3.8) is 0 Å². The van der Waals surface area contributed by atoms with Crippen molar-refractivity contribution in [3.8, 4) is 0 Å². The molecule has 0 unspecified atom stereocenters. The molecule has 2 heterocycles. The van der Waals surface area contributed by atoms with Gasteiger partial charge in [0.2, 0.25) is 5.91 Å². The monoisotopic (exact) mass is 311 g/mol. The van der Waals surface area contributed by atoms with Crippen LogP contribution < -0.4 is 5.32 Å². The molecule has 0 aliphatic carbocycles. The summed E-state index contributed by atoms with van der Waals surface area (Å²) in [6.07, 6.45) is 1.87. The SMILES string of the molecule is CC(C)C(=O)N1CCC(NCc2csc([N+](=O)[O-])c2)CC1. The second kappa shape index (κ2) is 7.00. The number of rotatable bonds is 5. The number of carbonyl (C=O) groups excluding carboxylic acids is 1. The molecule has 0 radical (unpaired) electrons. The number of hydrogen-bond donors (Lipinski definition) is 1. The van der Waals surface area contributed by atoms with Gasteiger partial charge in [-0.1, -0.05) is 25.2 Å². The molecule has 0 bridgehead atoms. The summed E-state index contributed by atoms with van der Waals surface area (Å²) in [5.74, 6) is 0.280. The van der Waals surface area contributed by atoms with Crippen molar-refractivity contribution in [1.29, 1.82) is 0 Å². The standard InChI is InChI=1S/C14H21N3O3S/c1-10(2)14(18)16-5-3-12(4-6-16)15-8-11-7-13(17(19)20)21-9-11/h7,9-10,12,15H,3-6,8H2,1-2H3. The van der Waals surface area contributed by atoms with E-state index in [-0.39, 0.29) is 21.7 Å². The fourth-order valence-corrected chi connectivity index (χ4v) is 3.21. The summed E-state index contributed by atoms with van der Waals surface area (Å²) in [7, 11) is 0. The molecule has 1 fully saturated rings. The number of piperidine rings is 1. The Kier molecular flexibility index (Phi) is 5.30. The van der Waals surface area contributed by atoms with Crippen LogP contribution in [0, 0.1) is 16.0 Å². The van der Waals surface area contributed by atoms with Crippen LogP contribution in [0.2, 0.25) is 0 Å². The van der Waals surface area contributed by atoms with E-state index < -0.39 is 0 Å². The first kappa shape index (κ1) is 15.9. The zero-order valence-corrected chi connectivity index (χ0v) is 13.2. The Morgan fingerprint density at radius 1 is 1.52 bits per heavy atom. The van der Waals surface area contributed by atoms with Gasteiger partial charge in [0.25, 0.3) is 0 Å². The van der Waals surface area contributed by atoms with Gasteiger partial charge in [0, 0.05) is 43.0 Å². The molecule has 1 aromatic heterocycles. The fraction of sp³-hybridized carbons (Fsp3) is 0.643.